The van der Waals surface area contributed by atoms with Crippen molar-refractivity contribution in [1.29, 1.82) is 0 Å². The predicted octanol–water partition coefficient (Wildman–Crippen LogP) is 2.19. The van der Waals surface area contributed by atoms with Crippen LogP contribution in [0.2, 0.25) is 0 Å². The first-order valence-electron chi connectivity index (χ1n) is 8.59. The highest BCUT2D eigenvalue weighted by atomic mass is 19.1. The fourth-order valence-electron chi connectivity index (χ4n) is 2.91. The van der Waals surface area contributed by atoms with E-state index >= 15 is 0 Å². The van der Waals surface area contributed by atoms with E-state index in [2.05, 4.69) is 15.5 Å². The van der Waals surface area contributed by atoms with Crippen molar-refractivity contribution < 1.29 is 18.7 Å². The van der Waals surface area contributed by atoms with Crippen LogP contribution >= 0.6 is 0 Å². The van der Waals surface area contributed by atoms with Gasteiger partial charge in [0.1, 0.15) is 29.3 Å². The lowest BCUT2D eigenvalue weighted by atomic mass is 9.94. The molecule has 2 aromatic rings. The fourth-order valence-corrected chi connectivity index (χ4v) is 2.91. The zero-order valence-electron chi connectivity index (χ0n) is 14.7. The Bertz CT molecular complexity index is 772. The molecule has 1 fully saturated rings. The minimum Gasteiger partial charge on any atom is -0.490 e. The second kappa shape index (κ2) is 7.74. The molecule has 0 aliphatic carbocycles. The minimum atomic E-state index is -0.659. The van der Waals surface area contributed by atoms with Crippen LogP contribution in [-0.4, -0.2) is 41.5 Å². The number of aromatic amines is 1. The van der Waals surface area contributed by atoms with Crippen LogP contribution in [0.15, 0.2) is 24.4 Å². The molecular formula is C18H23FN4O3. The van der Waals surface area contributed by atoms with Crippen molar-refractivity contribution in [3.8, 4) is 5.75 Å². The van der Waals surface area contributed by atoms with E-state index < -0.39 is 5.60 Å². The molecular weight excluding hydrogens is 339 g/mol. The number of nitrogen functional groups attached to an aromatic ring is 1. The molecule has 1 amide bonds. The third-order valence-electron chi connectivity index (χ3n) is 4.57. The van der Waals surface area contributed by atoms with Gasteiger partial charge in [-0.05, 0) is 37.8 Å². The van der Waals surface area contributed by atoms with Crippen molar-refractivity contribution >= 4 is 11.7 Å². The van der Waals surface area contributed by atoms with Gasteiger partial charge in [0.05, 0.1) is 6.54 Å². The van der Waals surface area contributed by atoms with Crippen molar-refractivity contribution in [2.45, 2.75) is 31.8 Å². The number of nitrogens with zero attached hydrogens (tertiary/aromatic N) is 1. The molecule has 0 radical (unpaired) electrons. The second-order valence-electron chi connectivity index (χ2n) is 6.56. The number of nitrogens with one attached hydrogen (secondary N) is 2. The van der Waals surface area contributed by atoms with Gasteiger partial charge in [-0.2, -0.15) is 5.10 Å². The summed E-state index contributed by atoms with van der Waals surface area (Å²) in [5.41, 5.74) is 5.84. The number of benzene rings is 1. The van der Waals surface area contributed by atoms with Gasteiger partial charge in [0.25, 0.3) is 5.91 Å². The van der Waals surface area contributed by atoms with Crippen molar-refractivity contribution in [1.82, 2.24) is 15.5 Å². The molecule has 0 saturated carbocycles. The van der Waals surface area contributed by atoms with Gasteiger partial charge in [0, 0.05) is 18.9 Å². The summed E-state index contributed by atoms with van der Waals surface area (Å²) < 4.78 is 25.4. The molecule has 1 atom stereocenters. The van der Waals surface area contributed by atoms with E-state index in [1.807, 2.05) is 0 Å². The topological polar surface area (TPSA) is 102 Å². The molecule has 8 heteroatoms. The van der Waals surface area contributed by atoms with Gasteiger partial charge >= 0.3 is 0 Å². The largest absolute Gasteiger partial charge is 0.490 e. The highest BCUT2D eigenvalue weighted by molar-refractivity contribution is 5.98. The number of aryl methyl sites for hydroxylation is 1. The van der Waals surface area contributed by atoms with Gasteiger partial charge in [0.15, 0.2) is 5.82 Å². The van der Waals surface area contributed by atoms with Crippen LogP contribution in [0, 0.1) is 12.7 Å². The lowest BCUT2D eigenvalue weighted by molar-refractivity contribution is -0.0983. The van der Waals surface area contributed by atoms with Gasteiger partial charge < -0.3 is 20.5 Å². The van der Waals surface area contributed by atoms with Crippen molar-refractivity contribution in [2.24, 2.45) is 0 Å². The first-order valence-corrected chi connectivity index (χ1v) is 8.59. The molecule has 140 valence electrons. The van der Waals surface area contributed by atoms with Crippen molar-refractivity contribution in [2.75, 3.05) is 25.5 Å². The number of ether oxygens (including phenoxy) is 2. The number of hydrogen-bond acceptors (Lipinski definition) is 5. The molecule has 2 heterocycles. The highest BCUT2D eigenvalue weighted by Gasteiger charge is 2.35. The summed E-state index contributed by atoms with van der Waals surface area (Å²) in [7, 11) is 0. The minimum absolute atomic E-state index is 0.146. The summed E-state index contributed by atoms with van der Waals surface area (Å²) in [6.07, 6.45) is 4.12. The summed E-state index contributed by atoms with van der Waals surface area (Å²) in [4.78, 5) is 12.3. The third-order valence-corrected chi connectivity index (χ3v) is 4.57. The molecule has 1 aromatic heterocycles. The van der Waals surface area contributed by atoms with Gasteiger partial charge in [-0.15, -0.1) is 0 Å². The Balaban J connectivity index is 1.65. The van der Waals surface area contributed by atoms with Crippen LogP contribution < -0.4 is 15.8 Å². The fraction of sp³-hybridized carbons (Fsp3) is 0.444. The molecule has 0 unspecified atom stereocenters. The van der Waals surface area contributed by atoms with Gasteiger partial charge in [0.2, 0.25) is 0 Å². The quantitative estimate of drug-likeness (QED) is 0.731. The maximum Gasteiger partial charge on any atom is 0.256 e. The number of amides is 1. The number of H-pyrrole nitrogens is 1. The van der Waals surface area contributed by atoms with Crippen LogP contribution in [0.5, 0.6) is 5.75 Å². The zero-order valence-corrected chi connectivity index (χ0v) is 14.7. The molecule has 0 spiro atoms. The molecule has 1 aliphatic heterocycles. The summed E-state index contributed by atoms with van der Waals surface area (Å²) in [6, 6.07) is 4.75. The first kappa shape index (κ1) is 18.2. The third kappa shape index (κ3) is 4.13. The molecule has 1 saturated heterocycles. The average molecular weight is 362 g/mol. The monoisotopic (exact) mass is 362 g/mol. The predicted molar refractivity (Wildman–Crippen MR) is 94.5 cm³/mol. The Morgan fingerprint density at radius 1 is 1.50 bits per heavy atom. The SMILES string of the molecule is Cc1ccc(OC[C@]2(CNC(=O)c3c[nH]nc3N)CCCCO2)cc1F. The highest BCUT2D eigenvalue weighted by Crippen LogP contribution is 2.26. The average Bonchev–Trinajstić information content (AvgIpc) is 3.08. The number of halogens is 1. The smallest absolute Gasteiger partial charge is 0.256 e. The first-order chi connectivity index (χ1) is 12.5. The zero-order chi connectivity index (χ0) is 18.6. The number of anilines is 1. The summed E-state index contributed by atoms with van der Waals surface area (Å²) in [5, 5.41) is 9.13. The molecule has 3 rings (SSSR count). The molecule has 7 nitrogen and oxygen atoms in total. The van der Waals surface area contributed by atoms with Crippen LogP contribution in [0.3, 0.4) is 0 Å². The summed E-state index contributed by atoms with van der Waals surface area (Å²) in [5.74, 6) is -0.0597. The number of hydrogen-bond donors (Lipinski definition) is 3. The van der Waals surface area contributed by atoms with E-state index in [9.17, 15) is 9.18 Å². The summed E-state index contributed by atoms with van der Waals surface area (Å²) in [6.45, 7) is 2.78. The Morgan fingerprint density at radius 2 is 2.35 bits per heavy atom. The lowest BCUT2D eigenvalue weighted by Gasteiger charge is -2.37. The normalized spacial score (nSPS) is 19.9. The van der Waals surface area contributed by atoms with E-state index in [0.717, 1.165) is 19.3 Å². The maximum absolute atomic E-state index is 13.7. The van der Waals surface area contributed by atoms with Gasteiger partial charge in [-0.1, -0.05) is 6.07 Å². The van der Waals surface area contributed by atoms with Crippen LogP contribution in [0.1, 0.15) is 35.2 Å². The Labute approximate surface area is 151 Å². The molecule has 26 heavy (non-hydrogen) atoms. The Kier molecular flexibility index (Phi) is 5.41. The standard InChI is InChI=1S/C18H23FN4O3/c1-12-4-5-13(8-15(12)19)25-11-18(6-2-3-7-26-18)10-21-17(24)14-9-22-23-16(14)20/h4-5,8-9H,2-3,6-7,10-11H2,1H3,(H,21,24)(H3,20,22,23)/t18-/m1/s1. The molecule has 1 aromatic carbocycles. The maximum atomic E-state index is 13.7. The second-order valence-corrected chi connectivity index (χ2v) is 6.56. The summed E-state index contributed by atoms with van der Waals surface area (Å²) >= 11 is 0. The van der Waals surface area contributed by atoms with E-state index in [-0.39, 0.29) is 36.3 Å². The van der Waals surface area contributed by atoms with Gasteiger partial charge in [-0.3, -0.25) is 9.89 Å². The van der Waals surface area contributed by atoms with Crippen LogP contribution in [0.25, 0.3) is 0 Å². The van der Waals surface area contributed by atoms with E-state index in [1.165, 1.54) is 12.3 Å². The molecule has 4 N–H and O–H groups in total. The van der Waals surface area contributed by atoms with Crippen molar-refractivity contribution in [3.63, 3.8) is 0 Å². The van der Waals surface area contributed by atoms with Crippen LogP contribution in [0.4, 0.5) is 10.2 Å². The van der Waals surface area contributed by atoms with E-state index in [1.54, 1.807) is 19.1 Å². The van der Waals surface area contributed by atoms with Crippen LogP contribution in [-0.2, 0) is 4.74 Å². The van der Waals surface area contributed by atoms with E-state index in [4.69, 9.17) is 15.2 Å². The van der Waals surface area contributed by atoms with Crippen molar-refractivity contribution in [3.05, 3.63) is 41.3 Å². The van der Waals surface area contributed by atoms with E-state index in [0.29, 0.717) is 17.9 Å². The lowest BCUT2D eigenvalue weighted by Crippen LogP contribution is -2.51. The number of rotatable bonds is 6. The number of carbonyl (C=O) groups is 1. The Morgan fingerprint density at radius 3 is 3.00 bits per heavy atom. The Hall–Kier alpha value is -2.61. The molecule has 1 aliphatic rings. The van der Waals surface area contributed by atoms with Gasteiger partial charge in [-0.25, -0.2) is 4.39 Å². The number of aromatic nitrogens is 2. The molecule has 0 bridgehead atoms. The number of nitrogens with two attached hydrogens (primary N) is 1. The number of carbonyl (C=O) groups excluding carboxylic acids is 1.